The van der Waals surface area contributed by atoms with Crippen LogP contribution in [0.5, 0.6) is 0 Å². The van der Waals surface area contributed by atoms with Crippen molar-refractivity contribution in [2.45, 2.75) is 37.9 Å². The third-order valence-electron chi connectivity index (χ3n) is 4.20. The predicted molar refractivity (Wildman–Crippen MR) is 82.1 cm³/mol. The van der Waals surface area contributed by atoms with Gasteiger partial charge in [-0.1, -0.05) is 36.4 Å². The second kappa shape index (κ2) is 6.37. The summed E-state index contributed by atoms with van der Waals surface area (Å²) in [4.78, 5) is 4.48. The van der Waals surface area contributed by atoms with Gasteiger partial charge in [-0.25, -0.2) is 0 Å². The molecule has 0 spiro atoms. The molecule has 0 radical (unpaired) electrons. The average Bonchev–Trinajstić information content (AvgIpc) is 2.97. The van der Waals surface area contributed by atoms with Crippen LogP contribution in [-0.4, -0.2) is 22.8 Å². The van der Waals surface area contributed by atoms with Gasteiger partial charge in [0.05, 0.1) is 6.10 Å². The van der Waals surface area contributed by atoms with Crippen molar-refractivity contribution in [2.75, 3.05) is 6.61 Å². The molecule has 0 aliphatic heterocycles. The Kier molecular flexibility index (Phi) is 4.32. The summed E-state index contributed by atoms with van der Waals surface area (Å²) in [7, 11) is 0. The first-order chi connectivity index (χ1) is 10.3. The van der Waals surface area contributed by atoms with E-state index in [-0.39, 0.29) is 12.0 Å². The first kappa shape index (κ1) is 14.2. The van der Waals surface area contributed by atoms with Crippen LogP contribution in [0.25, 0.3) is 0 Å². The fourth-order valence-corrected chi connectivity index (χ4v) is 3.20. The van der Waals surface area contributed by atoms with Crippen molar-refractivity contribution in [2.24, 2.45) is 0 Å². The number of benzene rings is 1. The van der Waals surface area contributed by atoms with Gasteiger partial charge in [0.15, 0.2) is 0 Å². The van der Waals surface area contributed by atoms with Gasteiger partial charge in [-0.2, -0.15) is 0 Å². The first-order valence-corrected chi connectivity index (χ1v) is 7.59. The van der Waals surface area contributed by atoms with Gasteiger partial charge in [-0.15, -0.1) is 0 Å². The number of hydrogen-bond donors (Lipinski definition) is 1. The van der Waals surface area contributed by atoms with E-state index >= 15 is 0 Å². The van der Waals surface area contributed by atoms with Gasteiger partial charge >= 0.3 is 0 Å². The van der Waals surface area contributed by atoms with Crippen LogP contribution in [0.2, 0.25) is 0 Å². The molecule has 1 aliphatic carbocycles. The molecule has 0 saturated heterocycles. The molecule has 0 saturated carbocycles. The van der Waals surface area contributed by atoms with Gasteiger partial charge in [0.25, 0.3) is 0 Å². The molecule has 1 heterocycles. The predicted octanol–water partition coefficient (Wildman–Crippen LogP) is 3.25. The first-order valence-electron chi connectivity index (χ1n) is 7.59. The molecule has 0 bridgehead atoms. The highest BCUT2D eigenvalue weighted by Gasteiger charge is 2.35. The Morgan fingerprint density at radius 3 is 2.81 bits per heavy atom. The Hall–Kier alpha value is -1.71. The number of aryl methyl sites for hydroxylation is 1. The van der Waals surface area contributed by atoms with E-state index in [4.69, 9.17) is 4.74 Å². The van der Waals surface area contributed by atoms with E-state index in [1.165, 1.54) is 5.56 Å². The lowest BCUT2D eigenvalue weighted by molar-refractivity contribution is -0.0466. The molecule has 1 N–H and O–H groups in total. The molecular weight excluding hydrogens is 262 g/mol. The van der Waals surface area contributed by atoms with E-state index < -0.39 is 6.10 Å². The van der Waals surface area contributed by atoms with Crippen molar-refractivity contribution in [3.63, 3.8) is 0 Å². The summed E-state index contributed by atoms with van der Waals surface area (Å²) < 4.78 is 5.84. The number of nitrogens with zero attached hydrogens (tertiary/aromatic N) is 1. The van der Waals surface area contributed by atoms with Gasteiger partial charge < -0.3 is 9.84 Å². The Labute approximate surface area is 125 Å². The molecular formula is C18H21NO2. The summed E-state index contributed by atoms with van der Waals surface area (Å²) in [5.41, 5.74) is 3.31. The highest BCUT2D eigenvalue weighted by molar-refractivity contribution is 5.31. The third-order valence-corrected chi connectivity index (χ3v) is 4.20. The number of fused-ring (bicyclic) bond motifs is 1. The highest BCUT2D eigenvalue weighted by Crippen LogP contribution is 2.39. The van der Waals surface area contributed by atoms with E-state index in [0.29, 0.717) is 6.61 Å². The van der Waals surface area contributed by atoms with Crippen LogP contribution < -0.4 is 0 Å². The van der Waals surface area contributed by atoms with Crippen LogP contribution in [-0.2, 0) is 11.2 Å². The highest BCUT2D eigenvalue weighted by atomic mass is 16.5. The van der Waals surface area contributed by atoms with Crippen molar-refractivity contribution in [3.8, 4) is 0 Å². The molecule has 1 aromatic heterocycles. The second-order valence-electron chi connectivity index (χ2n) is 5.47. The maximum atomic E-state index is 10.9. The largest absolute Gasteiger partial charge is 0.389 e. The van der Waals surface area contributed by atoms with Gasteiger partial charge in [0.2, 0.25) is 0 Å². The zero-order valence-corrected chi connectivity index (χ0v) is 12.3. The zero-order valence-electron chi connectivity index (χ0n) is 12.3. The zero-order chi connectivity index (χ0) is 14.7. The molecule has 110 valence electrons. The average molecular weight is 283 g/mol. The number of aromatic nitrogens is 1. The van der Waals surface area contributed by atoms with Crippen LogP contribution >= 0.6 is 0 Å². The smallest absolute Gasteiger partial charge is 0.109 e. The molecule has 2 aromatic rings. The van der Waals surface area contributed by atoms with E-state index in [2.05, 4.69) is 11.1 Å². The van der Waals surface area contributed by atoms with Crippen LogP contribution in [0, 0.1) is 0 Å². The summed E-state index contributed by atoms with van der Waals surface area (Å²) in [6, 6.07) is 14.0. The normalized spacial score (nSPS) is 20.0. The maximum Gasteiger partial charge on any atom is 0.109 e. The second-order valence-corrected chi connectivity index (χ2v) is 5.47. The Bertz CT molecular complexity index is 585. The molecule has 0 fully saturated rings. The maximum absolute atomic E-state index is 10.9. The minimum atomic E-state index is -0.566. The van der Waals surface area contributed by atoms with E-state index in [9.17, 15) is 5.11 Å². The summed E-state index contributed by atoms with van der Waals surface area (Å²) in [6.07, 6.45) is 2.86. The fraction of sp³-hybridized carbons (Fsp3) is 0.389. The molecule has 3 rings (SSSR count). The van der Waals surface area contributed by atoms with Crippen LogP contribution in [0.15, 0.2) is 48.7 Å². The lowest BCUT2D eigenvalue weighted by Gasteiger charge is -2.27. The lowest BCUT2D eigenvalue weighted by atomic mass is 9.91. The van der Waals surface area contributed by atoms with E-state index in [0.717, 1.165) is 24.1 Å². The monoisotopic (exact) mass is 283 g/mol. The van der Waals surface area contributed by atoms with Crippen LogP contribution in [0.1, 0.15) is 42.2 Å². The van der Waals surface area contributed by atoms with Gasteiger partial charge in [-0.3, -0.25) is 4.98 Å². The van der Waals surface area contributed by atoms with Crippen molar-refractivity contribution in [3.05, 3.63) is 65.5 Å². The van der Waals surface area contributed by atoms with Gasteiger partial charge in [0.1, 0.15) is 6.10 Å². The number of hydrogen-bond acceptors (Lipinski definition) is 3. The number of pyridine rings is 1. The van der Waals surface area contributed by atoms with Crippen LogP contribution in [0.4, 0.5) is 0 Å². The summed E-state index contributed by atoms with van der Waals surface area (Å²) in [5, 5.41) is 10.9. The van der Waals surface area contributed by atoms with Crippen molar-refractivity contribution in [1.29, 1.82) is 0 Å². The van der Waals surface area contributed by atoms with Crippen LogP contribution in [0.3, 0.4) is 0 Å². The lowest BCUT2D eigenvalue weighted by Crippen LogP contribution is -2.27. The Morgan fingerprint density at radius 2 is 2.05 bits per heavy atom. The molecule has 1 aromatic carbocycles. The quantitative estimate of drug-likeness (QED) is 0.916. The SMILES string of the molecule is CCOC(c1ccccc1)C(O)C1CCc2cccnc21. The number of aliphatic hydroxyl groups excluding tert-OH is 1. The summed E-state index contributed by atoms with van der Waals surface area (Å²) in [6.45, 7) is 2.54. The topological polar surface area (TPSA) is 42.4 Å². The minimum Gasteiger partial charge on any atom is -0.389 e. The van der Waals surface area contributed by atoms with Crippen molar-refractivity contribution < 1.29 is 9.84 Å². The number of ether oxygens (including phenoxy) is 1. The molecule has 3 atom stereocenters. The van der Waals surface area contributed by atoms with E-state index in [1.54, 1.807) is 0 Å². The third kappa shape index (κ3) is 2.85. The number of rotatable bonds is 5. The standard InChI is InChI=1S/C18H21NO2/c1-2-21-18(14-7-4-3-5-8-14)17(20)15-11-10-13-9-6-12-19-16(13)15/h3-9,12,15,17-18,20H,2,10-11H2,1H3. The Balaban J connectivity index is 1.87. The number of aliphatic hydroxyl groups is 1. The van der Waals surface area contributed by atoms with Gasteiger partial charge in [-0.05, 0) is 37.0 Å². The van der Waals surface area contributed by atoms with Gasteiger partial charge in [0, 0.05) is 24.4 Å². The molecule has 3 heteroatoms. The van der Waals surface area contributed by atoms with E-state index in [1.807, 2.05) is 49.5 Å². The summed E-state index contributed by atoms with van der Waals surface area (Å²) >= 11 is 0. The fourth-order valence-electron chi connectivity index (χ4n) is 3.20. The molecule has 21 heavy (non-hydrogen) atoms. The molecule has 1 aliphatic rings. The van der Waals surface area contributed by atoms with Crippen molar-refractivity contribution in [1.82, 2.24) is 4.98 Å². The van der Waals surface area contributed by atoms with Crippen molar-refractivity contribution >= 4 is 0 Å². The summed E-state index contributed by atoms with van der Waals surface area (Å²) in [5.74, 6) is 0.0537. The minimum absolute atomic E-state index is 0.0537. The molecule has 0 amide bonds. The Morgan fingerprint density at radius 1 is 1.24 bits per heavy atom. The molecule has 3 nitrogen and oxygen atoms in total. The molecule has 3 unspecified atom stereocenters.